The summed E-state index contributed by atoms with van der Waals surface area (Å²) < 4.78 is 5.76. The van der Waals surface area contributed by atoms with Crippen molar-refractivity contribution in [2.45, 2.75) is 38.4 Å². The van der Waals surface area contributed by atoms with Gasteiger partial charge >= 0.3 is 12.0 Å². The number of hydrogen-bond acceptors (Lipinski definition) is 4. The first-order chi connectivity index (χ1) is 16.4. The molecule has 3 aromatic rings. The van der Waals surface area contributed by atoms with Gasteiger partial charge in [0.1, 0.15) is 5.75 Å². The molecule has 0 radical (unpaired) electrons. The highest BCUT2D eigenvalue weighted by atomic mass is 16.5. The first-order valence-corrected chi connectivity index (χ1v) is 11.7. The summed E-state index contributed by atoms with van der Waals surface area (Å²) in [6.45, 7) is 4.59. The van der Waals surface area contributed by atoms with E-state index in [2.05, 4.69) is 34.3 Å². The van der Waals surface area contributed by atoms with Gasteiger partial charge in [0, 0.05) is 54.9 Å². The van der Waals surface area contributed by atoms with Gasteiger partial charge in [0.05, 0.1) is 18.7 Å². The van der Waals surface area contributed by atoms with Gasteiger partial charge < -0.3 is 25.0 Å². The fourth-order valence-electron chi connectivity index (χ4n) is 4.84. The Morgan fingerprint density at radius 3 is 2.62 bits per heavy atom. The number of H-pyrrole nitrogens is 1. The van der Waals surface area contributed by atoms with E-state index in [1.165, 1.54) is 0 Å². The number of amides is 2. The lowest BCUT2D eigenvalue weighted by atomic mass is 9.98. The zero-order valence-electron chi connectivity index (χ0n) is 19.5. The minimum Gasteiger partial charge on any atom is -0.496 e. The molecule has 1 aliphatic carbocycles. The molecule has 3 N–H and O–H groups in total. The number of aromatic carboxylic acids is 1. The number of aromatic nitrogens is 1. The second kappa shape index (κ2) is 9.02. The minimum atomic E-state index is -0.947. The molecule has 0 bridgehead atoms. The Bertz CT molecular complexity index is 1220. The van der Waals surface area contributed by atoms with Crippen LogP contribution in [0.15, 0.2) is 42.6 Å². The van der Waals surface area contributed by atoms with E-state index in [4.69, 9.17) is 4.74 Å². The lowest BCUT2D eigenvalue weighted by molar-refractivity contribution is 0.0696. The summed E-state index contributed by atoms with van der Waals surface area (Å²) in [7, 11) is 1.69. The van der Waals surface area contributed by atoms with Crippen LogP contribution in [0, 0.1) is 6.92 Å². The quantitative estimate of drug-likeness (QED) is 0.516. The lowest BCUT2D eigenvalue weighted by Crippen LogP contribution is -2.53. The molecule has 5 rings (SSSR count). The number of carbonyl (C=O) groups excluding carboxylic acids is 1. The number of rotatable bonds is 6. The molecule has 0 spiro atoms. The van der Waals surface area contributed by atoms with Crippen molar-refractivity contribution < 1.29 is 19.4 Å². The van der Waals surface area contributed by atoms with Gasteiger partial charge in [-0.05, 0) is 55.2 Å². The van der Waals surface area contributed by atoms with Crippen LogP contribution in [0.4, 0.5) is 4.79 Å². The van der Waals surface area contributed by atoms with E-state index in [0.717, 1.165) is 46.2 Å². The number of nitrogens with zero attached hydrogens (tertiary/aromatic N) is 2. The Hall–Kier alpha value is -3.52. The fourth-order valence-corrected chi connectivity index (χ4v) is 4.84. The normalized spacial score (nSPS) is 18.8. The predicted molar refractivity (Wildman–Crippen MR) is 129 cm³/mol. The summed E-state index contributed by atoms with van der Waals surface area (Å²) in [4.78, 5) is 31.7. The van der Waals surface area contributed by atoms with Gasteiger partial charge in [0.25, 0.3) is 0 Å². The van der Waals surface area contributed by atoms with Crippen LogP contribution >= 0.6 is 0 Å². The third-order valence-electron chi connectivity index (χ3n) is 6.92. The fraction of sp³-hybridized carbons (Fsp3) is 0.385. The van der Waals surface area contributed by atoms with E-state index in [1.807, 2.05) is 23.2 Å². The Morgan fingerprint density at radius 1 is 1.18 bits per heavy atom. The molecule has 0 unspecified atom stereocenters. The van der Waals surface area contributed by atoms with Crippen LogP contribution in [-0.2, 0) is 6.54 Å². The SMILES string of the molecule is COc1cc(C)c2[nH]ccc2c1CN1CCN(C(=O)NC2CC2)C[C@@H]1c1ccc(C(=O)O)cc1. The smallest absolute Gasteiger partial charge is 0.335 e. The van der Waals surface area contributed by atoms with E-state index < -0.39 is 5.97 Å². The van der Waals surface area contributed by atoms with Gasteiger partial charge in [-0.15, -0.1) is 0 Å². The van der Waals surface area contributed by atoms with E-state index in [9.17, 15) is 14.7 Å². The number of fused-ring (bicyclic) bond motifs is 1. The van der Waals surface area contributed by atoms with Gasteiger partial charge in [-0.1, -0.05) is 12.1 Å². The van der Waals surface area contributed by atoms with Crippen molar-refractivity contribution in [1.82, 2.24) is 20.1 Å². The molecule has 1 aromatic heterocycles. The first kappa shape index (κ1) is 22.3. The molecule has 2 aliphatic rings. The third-order valence-corrected chi connectivity index (χ3v) is 6.92. The van der Waals surface area contributed by atoms with Crippen LogP contribution in [-0.4, -0.2) is 64.7 Å². The molecule has 1 saturated heterocycles. The number of carboxylic acids is 1. The summed E-state index contributed by atoms with van der Waals surface area (Å²) in [5.74, 6) is -0.102. The molecule has 178 valence electrons. The summed E-state index contributed by atoms with van der Waals surface area (Å²) in [6.07, 6.45) is 4.04. The summed E-state index contributed by atoms with van der Waals surface area (Å²) in [6, 6.07) is 11.4. The Morgan fingerprint density at radius 2 is 1.94 bits per heavy atom. The molecule has 2 aromatic carbocycles. The number of piperazine rings is 1. The maximum Gasteiger partial charge on any atom is 0.335 e. The molecular formula is C26H30N4O4. The van der Waals surface area contributed by atoms with Crippen molar-refractivity contribution in [2.75, 3.05) is 26.7 Å². The predicted octanol–water partition coefficient (Wildman–Crippen LogP) is 3.91. The molecule has 2 fully saturated rings. The number of nitrogens with one attached hydrogen (secondary N) is 2. The zero-order chi connectivity index (χ0) is 23.8. The van der Waals surface area contributed by atoms with E-state index in [0.29, 0.717) is 32.2 Å². The zero-order valence-corrected chi connectivity index (χ0v) is 19.5. The molecule has 8 nitrogen and oxygen atoms in total. The van der Waals surface area contributed by atoms with Crippen LogP contribution in [0.3, 0.4) is 0 Å². The average Bonchev–Trinajstić information content (AvgIpc) is 3.51. The first-order valence-electron chi connectivity index (χ1n) is 11.7. The van der Waals surface area contributed by atoms with Crippen LogP contribution in [0.25, 0.3) is 10.9 Å². The van der Waals surface area contributed by atoms with Crippen molar-refractivity contribution in [3.8, 4) is 5.75 Å². The number of carboxylic acid groups (broad SMARTS) is 1. The summed E-state index contributed by atoms with van der Waals surface area (Å²) >= 11 is 0. The van der Waals surface area contributed by atoms with Gasteiger partial charge in [-0.25, -0.2) is 9.59 Å². The number of hydrogen-bond donors (Lipinski definition) is 3. The molecule has 1 atom stereocenters. The molecule has 34 heavy (non-hydrogen) atoms. The summed E-state index contributed by atoms with van der Waals surface area (Å²) in [5.41, 5.74) is 4.57. The van der Waals surface area contributed by atoms with E-state index >= 15 is 0 Å². The maximum absolute atomic E-state index is 12.8. The number of carbonyl (C=O) groups is 2. The second-order valence-corrected chi connectivity index (χ2v) is 9.22. The minimum absolute atomic E-state index is 0.0183. The highest BCUT2D eigenvalue weighted by Crippen LogP contribution is 2.35. The maximum atomic E-state index is 12.8. The average molecular weight is 463 g/mol. The Kier molecular flexibility index (Phi) is 5.91. The van der Waals surface area contributed by atoms with E-state index in [1.54, 1.807) is 19.2 Å². The van der Waals surface area contributed by atoms with Gasteiger partial charge in [0.2, 0.25) is 0 Å². The number of methoxy groups -OCH3 is 1. The highest BCUT2D eigenvalue weighted by Gasteiger charge is 2.34. The van der Waals surface area contributed by atoms with Crippen molar-refractivity contribution >= 4 is 22.9 Å². The van der Waals surface area contributed by atoms with Gasteiger partial charge in [-0.3, -0.25) is 4.90 Å². The number of ether oxygens (including phenoxy) is 1. The monoisotopic (exact) mass is 462 g/mol. The Labute approximate surface area is 198 Å². The second-order valence-electron chi connectivity index (χ2n) is 9.22. The molecule has 1 aliphatic heterocycles. The van der Waals surface area contributed by atoms with Crippen LogP contribution < -0.4 is 10.1 Å². The Balaban J connectivity index is 1.47. The largest absolute Gasteiger partial charge is 0.496 e. The number of aromatic amines is 1. The molecule has 8 heteroatoms. The van der Waals surface area contributed by atoms with E-state index in [-0.39, 0.29) is 17.6 Å². The molecule has 2 heterocycles. The molecular weight excluding hydrogens is 432 g/mol. The number of benzene rings is 2. The molecule has 2 amide bonds. The summed E-state index contributed by atoms with van der Waals surface area (Å²) in [5, 5.41) is 13.5. The third kappa shape index (κ3) is 4.33. The topological polar surface area (TPSA) is 97.9 Å². The van der Waals surface area contributed by atoms with Crippen LogP contribution in [0.2, 0.25) is 0 Å². The van der Waals surface area contributed by atoms with Crippen molar-refractivity contribution in [3.05, 3.63) is 64.8 Å². The van der Waals surface area contributed by atoms with Crippen molar-refractivity contribution in [3.63, 3.8) is 0 Å². The molecule has 1 saturated carbocycles. The number of urea groups is 1. The lowest BCUT2D eigenvalue weighted by Gasteiger charge is -2.42. The number of aryl methyl sites for hydroxylation is 1. The van der Waals surface area contributed by atoms with Crippen LogP contribution in [0.5, 0.6) is 5.75 Å². The van der Waals surface area contributed by atoms with Crippen LogP contribution in [0.1, 0.15) is 45.9 Å². The van der Waals surface area contributed by atoms with Crippen molar-refractivity contribution in [2.24, 2.45) is 0 Å². The highest BCUT2D eigenvalue weighted by molar-refractivity contribution is 5.88. The van der Waals surface area contributed by atoms with Crippen molar-refractivity contribution in [1.29, 1.82) is 0 Å². The van der Waals surface area contributed by atoms with Gasteiger partial charge in [-0.2, -0.15) is 0 Å². The van der Waals surface area contributed by atoms with Gasteiger partial charge in [0.15, 0.2) is 0 Å². The standard InChI is InChI=1S/C26H30N4O4/c1-16-13-23(34-2)21(20-9-10-27-24(16)20)14-29-11-12-30(26(33)28-19-7-8-19)15-22(29)17-3-5-18(6-4-17)25(31)32/h3-6,9-10,13,19,22,27H,7-8,11-12,14-15H2,1-2H3,(H,28,33)(H,31,32)/t22-/m1/s1.